The second kappa shape index (κ2) is 8.31. The SMILES string of the molecule is C[C@H]1CCc2c(sc3nc(C[NH+]4CCOCC4)nc(Oc4ccc(C#N)cc4)c23)C1. The van der Waals surface area contributed by atoms with Gasteiger partial charge in [0.2, 0.25) is 5.88 Å². The molecule has 2 aliphatic rings. The van der Waals surface area contributed by atoms with Gasteiger partial charge in [0.15, 0.2) is 5.82 Å². The van der Waals surface area contributed by atoms with E-state index in [2.05, 4.69) is 13.0 Å². The number of ether oxygens (including phenoxy) is 2. The average molecular weight is 422 g/mol. The molecule has 5 rings (SSSR count). The van der Waals surface area contributed by atoms with E-state index in [1.807, 2.05) is 12.1 Å². The molecule has 2 aromatic heterocycles. The quantitative estimate of drug-likeness (QED) is 0.701. The summed E-state index contributed by atoms with van der Waals surface area (Å²) in [6.07, 6.45) is 3.35. The Balaban J connectivity index is 1.54. The summed E-state index contributed by atoms with van der Waals surface area (Å²) < 4.78 is 11.8. The van der Waals surface area contributed by atoms with E-state index in [-0.39, 0.29) is 0 Å². The highest BCUT2D eigenvalue weighted by atomic mass is 32.1. The van der Waals surface area contributed by atoms with Crippen molar-refractivity contribution in [2.75, 3.05) is 26.3 Å². The minimum atomic E-state index is 0.619. The third-order valence-electron chi connectivity index (χ3n) is 5.97. The predicted octanol–water partition coefficient (Wildman–Crippen LogP) is 2.90. The Morgan fingerprint density at radius 2 is 2.03 bits per heavy atom. The molecular weight excluding hydrogens is 396 g/mol. The van der Waals surface area contributed by atoms with Gasteiger partial charge in [0.1, 0.15) is 30.2 Å². The van der Waals surface area contributed by atoms with Gasteiger partial charge < -0.3 is 14.4 Å². The molecule has 0 saturated carbocycles. The van der Waals surface area contributed by atoms with Crippen LogP contribution >= 0.6 is 11.3 Å². The van der Waals surface area contributed by atoms with Crippen molar-refractivity contribution >= 4 is 21.6 Å². The van der Waals surface area contributed by atoms with E-state index >= 15 is 0 Å². The molecule has 3 heterocycles. The van der Waals surface area contributed by atoms with Gasteiger partial charge in [-0.2, -0.15) is 10.2 Å². The van der Waals surface area contributed by atoms with Crippen LogP contribution in [0.4, 0.5) is 0 Å². The third kappa shape index (κ3) is 3.91. The van der Waals surface area contributed by atoms with Gasteiger partial charge in [0.05, 0.1) is 30.2 Å². The molecule has 0 radical (unpaired) electrons. The van der Waals surface area contributed by atoms with E-state index in [0.29, 0.717) is 23.1 Å². The number of benzene rings is 1. The Bertz CT molecular complexity index is 1100. The minimum absolute atomic E-state index is 0.619. The standard InChI is InChI=1S/C23H24N4O2S/c1-15-2-7-18-19(12-15)30-23-21(18)22(29-17-5-3-16(13-24)4-6-17)25-20(26-23)14-27-8-10-28-11-9-27/h3-6,15H,2,7-12,14H2,1H3/p+1/t15-/m0/s1. The van der Waals surface area contributed by atoms with E-state index in [4.69, 9.17) is 24.7 Å². The second-order valence-corrected chi connectivity index (χ2v) is 9.34. The monoisotopic (exact) mass is 421 g/mol. The number of thiophene rings is 1. The van der Waals surface area contributed by atoms with Gasteiger partial charge in [0.25, 0.3) is 0 Å². The lowest BCUT2D eigenvalue weighted by molar-refractivity contribution is -0.922. The first kappa shape index (κ1) is 19.4. The van der Waals surface area contributed by atoms with Crippen molar-refractivity contribution in [3.8, 4) is 17.7 Å². The van der Waals surface area contributed by atoms with Crippen LogP contribution in [0, 0.1) is 17.2 Å². The first-order chi connectivity index (χ1) is 14.7. The smallest absolute Gasteiger partial charge is 0.231 e. The lowest BCUT2D eigenvalue weighted by atomic mass is 9.89. The number of aryl methyl sites for hydroxylation is 1. The van der Waals surface area contributed by atoms with Crippen LogP contribution in [0.2, 0.25) is 0 Å². The fourth-order valence-corrected chi connectivity index (χ4v) is 5.67. The maximum Gasteiger partial charge on any atom is 0.231 e. The molecule has 1 aromatic carbocycles. The first-order valence-corrected chi connectivity index (χ1v) is 11.4. The molecule has 0 bridgehead atoms. The zero-order valence-electron chi connectivity index (χ0n) is 17.1. The Morgan fingerprint density at radius 3 is 2.80 bits per heavy atom. The number of nitriles is 1. The van der Waals surface area contributed by atoms with Crippen LogP contribution in [0.15, 0.2) is 24.3 Å². The Kier molecular flexibility index (Phi) is 5.38. The fraction of sp³-hybridized carbons (Fsp3) is 0.435. The number of quaternary nitrogens is 1. The summed E-state index contributed by atoms with van der Waals surface area (Å²) >= 11 is 1.80. The molecule has 30 heavy (non-hydrogen) atoms. The summed E-state index contributed by atoms with van der Waals surface area (Å²) in [6, 6.07) is 9.37. The predicted molar refractivity (Wildman–Crippen MR) is 115 cm³/mol. The van der Waals surface area contributed by atoms with E-state index in [9.17, 15) is 0 Å². The maximum atomic E-state index is 9.06. The fourth-order valence-electron chi connectivity index (χ4n) is 4.27. The van der Waals surface area contributed by atoms with Crippen LogP contribution in [-0.4, -0.2) is 36.3 Å². The number of morpholine rings is 1. The molecule has 154 valence electrons. The van der Waals surface area contributed by atoms with Crippen LogP contribution < -0.4 is 9.64 Å². The van der Waals surface area contributed by atoms with Gasteiger partial charge in [0, 0.05) is 4.88 Å². The highest BCUT2D eigenvalue weighted by Crippen LogP contribution is 2.41. The van der Waals surface area contributed by atoms with Crippen LogP contribution in [0.5, 0.6) is 11.6 Å². The summed E-state index contributed by atoms with van der Waals surface area (Å²) in [4.78, 5) is 13.7. The number of nitrogens with one attached hydrogen (secondary N) is 1. The van der Waals surface area contributed by atoms with Crippen molar-refractivity contribution in [3.63, 3.8) is 0 Å². The lowest BCUT2D eigenvalue weighted by Gasteiger charge is -2.23. The molecule has 1 atom stereocenters. The molecule has 3 aromatic rings. The topological polar surface area (TPSA) is 72.5 Å². The lowest BCUT2D eigenvalue weighted by Crippen LogP contribution is -3.12. The van der Waals surface area contributed by atoms with Crippen molar-refractivity contribution in [1.82, 2.24) is 9.97 Å². The summed E-state index contributed by atoms with van der Waals surface area (Å²) in [5.74, 6) is 2.88. The molecule has 7 heteroatoms. The normalized spacial score (nSPS) is 19.4. The van der Waals surface area contributed by atoms with Crippen molar-refractivity contribution < 1.29 is 14.4 Å². The first-order valence-electron chi connectivity index (χ1n) is 10.6. The minimum Gasteiger partial charge on any atom is -0.438 e. The van der Waals surface area contributed by atoms with Gasteiger partial charge in [-0.05, 0) is 55.0 Å². The van der Waals surface area contributed by atoms with Crippen molar-refractivity contribution in [2.24, 2.45) is 5.92 Å². The Labute approximate surface area is 180 Å². The molecule has 1 fully saturated rings. The Hall–Kier alpha value is -2.53. The maximum absolute atomic E-state index is 9.06. The number of hydrogen-bond acceptors (Lipinski definition) is 6. The average Bonchev–Trinajstić information content (AvgIpc) is 3.12. The van der Waals surface area contributed by atoms with Crippen molar-refractivity contribution in [2.45, 2.75) is 32.7 Å². The molecule has 1 saturated heterocycles. The molecule has 1 aliphatic heterocycles. The summed E-state index contributed by atoms with van der Waals surface area (Å²) in [7, 11) is 0. The third-order valence-corrected chi connectivity index (χ3v) is 7.12. The number of rotatable bonds is 4. The zero-order valence-corrected chi connectivity index (χ0v) is 17.9. The molecule has 1 aliphatic carbocycles. The van der Waals surface area contributed by atoms with Crippen LogP contribution in [-0.2, 0) is 24.1 Å². The van der Waals surface area contributed by atoms with Gasteiger partial charge in [-0.1, -0.05) is 6.92 Å². The van der Waals surface area contributed by atoms with Gasteiger partial charge >= 0.3 is 0 Å². The van der Waals surface area contributed by atoms with E-state index < -0.39 is 0 Å². The summed E-state index contributed by atoms with van der Waals surface area (Å²) in [6.45, 7) is 6.63. The summed E-state index contributed by atoms with van der Waals surface area (Å²) in [5.41, 5.74) is 1.98. The molecule has 6 nitrogen and oxygen atoms in total. The molecule has 0 amide bonds. The van der Waals surface area contributed by atoms with Gasteiger partial charge in [-0.3, -0.25) is 0 Å². The van der Waals surface area contributed by atoms with Crippen molar-refractivity contribution in [1.29, 1.82) is 5.26 Å². The zero-order chi connectivity index (χ0) is 20.5. The number of nitrogens with zero attached hydrogens (tertiary/aromatic N) is 3. The highest BCUT2D eigenvalue weighted by molar-refractivity contribution is 7.18. The number of hydrogen-bond donors (Lipinski definition) is 1. The largest absolute Gasteiger partial charge is 0.438 e. The van der Waals surface area contributed by atoms with Crippen LogP contribution in [0.25, 0.3) is 10.2 Å². The summed E-state index contributed by atoms with van der Waals surface area (Å²) in [5, 5.41) is 10.1. The molecular formula is C23H25N4O2S+. The van der Waals surface area contributed by atoms with Gasteiger partial charge in [-0.25, -0.2) is 4.98 Å². The second-order valence-electron chi connectivity index (χ2n) is 8.25. The van der Waals surface area contributed by atoms with Crippen LogP contribution in [0.3, 0.4) is 0 Å². The van der Waals surface area contributed by atoms with E-state index in [1.54, 1.807) is 23.5 Å². The number of aromatic nitrogens is 2. The Morgan fingerprint density at radius 1 is 1.23 bits per heavy atom. The van der Waals surface area contributed by atoms with E-state index in [0.717, 1.165) is 61.7 Å². The van der Waals surface area contributed by atoms with Crippen LogP contribution in [0.1, 0.15) is 35.2 Å². The van der Waals surface area contributed by atoms with Crippen molar-refractivity contribution in [3.05, 3.63) is 46.1 Å². The van der Waals surface area contributed by atoms with E-state index in [1.165, 1.54) is 21.8 Å². The molecule has 0 spiro atoms. The number of fused-ring (bicyclic) bond motifs is 3. The highest BCUT2D eigenvalue weighted by Gasteiger charge is 2.26. The van der Waals surface area contributed by atoms with Gasteiger partial charge in [-0.15, -0.1) is 11.3 Å². The molecule has 1 N–H and O–H groups in total. The molecule has 0 unspecified atom stereocenters.